The van der Waals surface area contributed by atoms with Crippen LogP contribution < -0.4 is 5.73 Å². The molecule has 0 aromatic heterocycles. The lowest BCUT2D eigenvalue weighted by molar-refractivity contribution is -0.176. The van der Waals surface area contributed by atoms with Crippen LogP contribution in [0, 0.1) is 0 Å². The lowest BCUT2D eigenvalue weighted by atomic mass is 10.0. The second-order valence-corrected chi connectivity index (χ2v) is 7.74. The van der Waals surface area contributed by atoms with Crippen molar-refractivity contribution in [3.8, 4) is 0 Å². The predicted molar refractivity (Wildman–Crippen MR) is 109 cm³/mol. The number of hydrogen-bond acceptors (Lipinski definition) is 6. The summed E-state index contributed by atoms with van der Waals surface area (Å²) in [4.78, 5) is 0. The molecular weight excluding hydrogens is 346 g/mol. The van der Waals surface area contributed by atoms with Gasteiger partial charge in [-0.05, 0) is 6.42 Å². The van der Waals surface area contributed by atoms with Gasteiger partial charge >= 0.3 is 0 Å². The molecular formula is C21H45NO5. The van der Waals surface area contributed by atoms with Crippen LogP contribution in [0.15, 0.2) is 0 Å². The summed E-state index contributed by atoms with van der Waals surface area (Å²) in [5, 5.41) is 37.3. The number of unbranched alkanes of at least 4 members (excludes halogenated alkanes) is 12. The normalized spacial score (nSPS) is 16.2. The van der Waals surface area contributed by atoms with Crippen molar-refractivity contribution in [2.45, 2.75) is 121 Å². The second-order valence-electron chi connectivity index (χ2n) is 7.74. The molecule has 0 aliphatic heterocycles. The molecule has 6 nitrogen and oxygen atoms in total. The van der Waals surface area contributed by atoms with Crippen molar-refractivity contribution in [1.29, 1.82) is 0 Å². The van der Waals surface area contributed by atoms with Crippen LogP contribution in [0.3, 0.4) is 0 Å². The van der Waals surface area contributed by atoms with Crippen LogP contribution in [0.4, 0.5) is 0 Å². The minimum Gasteiger partial charge on any atom is -0.393 e. The van der Waals surface area contributed by atoms with E-state index in [1.807, 2.05) is 0 Å². The molecule has 0 aliphatic rings. The Morgan fingerprint density at radius 3 is 1.59 bits per heavy atom. The van der Waals surface area contributed by atoms with Gasteiger partial charge in [0, 0.05) is 0 Å². The summed E-state index contributed by atoms with van der Waals surface area (Å²) >= 11 is 0. The van der Waals surface area contributed by atoms with Crippen molar-refractivity contribution in [3.05, 3.63) is 0 Å². The Hall–Kier alpha value is -0.240. The van der Waals surface area contributed by atoms with E-state index >= 15 is 0 Å². The lowest BCUT2D eigenvalue weighted by Gasteiger charge is -2.22. The molecule has 0 saturated carbocycles. The van der Waals surface area contributed by atoms with Crippen molar-refractivity contribution in [1.82, 2.24) is 0 Å². The van der Waals surface area contributed by atoms with Crippen LogP contribution >= 0.6 is 0 Å². The highest BCUT2D eigenvalue weighted by Gasteiger charge is 2.20. The quantitative estimate of drug-likeness (QED) is 0.161. The first-order valence-electron chi connectivity index (χ1n) is 11.0. The SMILES string of the molecule is CCCCCCCCCCCCCCC[C@@H](O)[C@@H](N)CO[C@H](O)[C@@H](O)CO. The monoisotopic (exact) mass is 391 g/mol. The molecule has 0 aliphatic carbocycles. The summed E-state index contributed by atoms with van der Waals surface area (Å²) in [6, 6.07) is -0.608. The molecule has 0 spiro atoms. The average Bonchev–Trinajstić information content (AvgIpc) is 2.68. The van der Waals surface area contributed by atoms with Gasteiger partial charge in [-0.15, -0.1) is 0 Å². The summed E-state index contributed by atoms with van der Waals surface area (Å²) in [5.41, 5.74) is 5.82. The minimum absolute atomic E-state index is 0.0577. The summed E-state index contributed by atoms with van der Waals surface area (Å²) < 4.78 is 4.96. The van der Waals surface area contributed by atoms with Gasteiger partial charge in [-0.3, -0.25) is 0 Å². The average molecular weight is 392 g/mol. The maximum absolute atomic E-state index is 10.0. The van der Waals surface area contributed by atoms with E-state index in [9.17, 15) is 15.3 Å². The zero-order valence-corrected chi connectivity index (χ0v) is 17.4. The van der Waals surface area contributed by atoms with Gasteiger partial charge in [0.2, 0.25) is 0 Å². The van der Waals surface area contributed by atoms with Crippen LogP contribution in [-0.2, 0) is 4.74 Å². The topological polar surface area (TPSA) is 116 Å². The molecule has 0 radical (unpaired) electrons. The first kappa shape index (κ1) is 26.8. The Labute approximate surface area is 166 Å². The van der Waals surface area contributed by atoms with Gasteiger partial charge in [-0.1, -0.05) is 90.4 Å². The van der Waals surface area contributed by atoms with E-state index in [2.05, 4.69) is 6.92 Å². The largest absolute Gasteiger partial charge is 0.393 e. The molecule has 6 N–H and O–H groups in total. The molecule has 0 amide bonds. The fraction of sp³-hybridized carbons (Fsp3) is 1.00. The third-order valence-corrected chi connectivity index (χ3v) is 5.07. The maximum Gasteiger partial charge on any atom is 0.183 e. The zero-order chi connectivity index (χ0) is 20.3. The highest BCUT2D eigenvalue weighted by Crippen LogP contribution is 2.14. The van der Waals surface area contributed by atoms with Crippen molar-refractivity contribution < 1.29 is 25.2 Å². The third kappa shape index (κ3) is 16.4. The molecule has 0 saturated heterocycles. The molecule has 0 fully saturated rings. The first-order valence-corrected chi connectivity index (χ1v) is 11.0. The van der Waals surface area contributed by atoms with Gasteiger partial charge in [0.1, 0.15) is 6.10 Å². The highest BCUT2D eigenvalue weighted by atomic mass is 16.6. The van der Waals surface area contributed by atoms with E-state index in [0.29, 0.717) is 6.42 Å². The Morgan fingerprint density at radius 2 is 1.15 bits per heavy atom. The first-order chi connectivity index (χ1) is 13.0. The number of ether oxygens (including phenoxy) is 1. The standard InChI is InChI=1S/C21H45NO5/c1-2-3-4-5-6-7-8-9-10-11-12-13-14-15-19(24)18(22)17-27-21(26)20(25)16-23/h18-21,23-26H,2-17,22H2,1H3/t18-,19+,20-,21-/m0/s1. The van der Waals surface area contributed by atoms with E-state index < -0.39 is 31.1 Å². The van der Waals surface area contributed by atoms with Gasteiger partial charge in [-0.25, -0.2) is 0 Å². The Kier molecular flexibility index (Phi) is 18.9. The van der Waals surface area contributed by atoms with Crippen molar-refractivity contribution in [2.75, 3.05) is 13.2 Å². The molecule has 0 heterocycles. The maximum atomic E-state index is 10.0. The van der Waals surface area contributed by atoms with E-state index in [0.717, 1.165) is 12.8 Å². The minimum atomic E-state index is -1.48. The molecule has 6 heteroatoms. The van der Waals surface area contributed by atoms with E-state index in [4.69, 9.17) is 15.6 Å². The molecule has 27 heavy (non-hydrogen) atoms. The summed E-state index contributed by atoms with van der Waals surface area (Å²) in [7, 11) is 0. The van der Waals surface area contributed by atoms with Gasteiger partial charge < -0.3 is 30.9 Å². The predicted octanol–water partition coefficient (Wildman–Crippen LogP) is 2.84. The van der Waals surface area contributed by atoms with Crippen LogP contribution in [0.5, 0.6) is 0 Å². The molecule has 164 valence electrons. The van der Waals surface area contributed by atoms with Crippen LogP contribution in [0.25, 0.3) is 0 Å². The van der Waals surface area contributed by atoms with Gasteiger partial charge in [0.15, 0.2) is 6.29 Å². The smallest absolute Gasteiger partial charge is 0.183 e. The number of aliphatic hydroxyl groups is 4. The highest BCUT2D eigenvalue weighted by molar-refractivity contribution is 4.72. The fourth-order valence-electron chi connectivity index (χ4n) is 3.11. The Morgan fingerprint density at radius 1 is 0.704 bits per heavy atom. The number of rotatable bonds is 20. The summed E-state index contributed by atoms with van der Waals surface area (Å²) in [6.45, 7) is 1.61. The fourth-order valence-corrected chi connectivity index (χ4v) is 3.11. The summed E-state index contributed by atoms with van der Waals surface area (Å²) in [5.74, 6) is 0. The Balaban J connectivity index is 3.41. The van der Waals surface area contributed by atoms with E-state index in [1.165, 1.54) is 70.6 Å². The second kappa shape index (κ2) is 19.1. The number of nitrogens with two attached hydrogens (primary N) is 1. The van der Waals surface area contributed by atoms with Crippen LogP contribution in [0.2, 0.25) is 0 Å². The van der Waals surface area contributed by atoms with E-state index in [1.54, 1.807) is 0 Å². The van der Waals surface area contributed by atoms with Crippen molar-refractivity contribution in [3.63, 3.8) is 0 Å². The molecule has 0 unspecified atom stereocenters. The van der Waals surface area contributed by atoms with Crippen LogP contribution in [0.1, 0.15) is 96.8 Å². The zero-order valence-electron chi connectivity index (χ0n) is 17.4. The van der Waals surface area contributed by atoms with Crippen molar-refractivity contribution in [2.24, 2.45) is 5.73 Å². The molecule has 4 atom stereocenters. The Bertz CT molecular complexity index is 306. The van der Waals surface area contributed by atoms with Gasteiger partial charge in [0.05, 0.1) is 25.4 Å². The molecule has 0 aromatic rings. The van der Waals surface area contributed by atoms with Gasteiger partial charge in [0.25, 0.3) is 0 Å². The number of aliphatic hydroxyl groups excluding tert-OH is 4. The molecule has 0 aromatic carbocycles. The van der Waals surface area contributed by atoms with Crippen LogP contribution in [-0.4, -0.2) is 58.2 Å². The van der Waals surface area contributed by atoms with Gasteiger partial charge in [-0.2, -0.15) is 0 Å². The third-order valence-electron chi connectivity index (χ3n) is 5.07. The summed E-state index contributed by atoms with van der Waals surface area (Å²) in [6.07, 6.45) is 13.8. The lowest BCUT2D eigenvalue weighted by Crippen LogP contribution is -2.42. The molecule has 0 rings (SSSR count). The van der Waals surface area contributed by atoms with E-state index in [-0.39, 0.29) is 6.61 Å². The molecule has 0 bridgehead atoms. The number of hydrogen-bond donors (Lipinski definition) is 5. The van der Waals surface area contributed by atoms with Crippen molar-refractivity contribution >= 4 is 0 Å².